The lowest BCUT2D eigenvalue weighted by molar-refractivity contribution is 0.0676. The van der Waals surface area contributed by atoms with Gasteiger partial charge in [0.2, 0.25) is 0 Å². The molecule has 1 saturated heterocycles. The lowest BCUT2D eigenvalue weighted by Crippen LogP contribution is -2.38. The standard InChI is InChI=1S/C24H29N3O4S/c1-17-4-6-21(7-5-17)32(29,30)15-14-26-13-10-25-23(26)20-8-11-27(12-9-20)24(28)22-16-18(2)19(3)31-22/h4-7,10,13,16,20H,8-9,11-12,14-15H2,1-3H3. The average Bonchev–Trinajstić information content (AvgIpc) is 3.39. The Morgan fingerprint density at radius 2 is 1.81 bits per heavy atom. The van der Waals surface area contributed by atoms with E-state index in [1.54, 1.807) is 24.4 Å². The highest BCUT2D eigenvalue weighted by molar-refractivity contribution is 7.91. The summed E-state index contributed by atoms with van der Waals surface area (Å²) in [5.41, 5.74) is 2.01. The van der Waals surface area contributed by atoms with Crippen LogP contribution >= 0.6 is 0 Å². The number of hydrogen-bond acceptors (Lipinski definition) is 5. The molecule has 1 aliphatic rings. The van der Waals surface area contributed by atoms with Crippen LogP contribution < -0.4 is 0 Å². The first kappa shape index (κ1) is 22.3. The first-order chi connectivity index (χ1) is 15.2. The van der Waals surface area contributed by atoms with Crippen molar-refractivity contribution >= 4 is 15.7 Å². The van der Waals surface area contributed by atoms with E-state index < -0.39 is 9.84 Å². The normalized spacial score (nSPS) is 15.3. The summed E-state index contributed by atoms with van der Waals surface area (Å²) in [5.74, 6) is 2.19. The van der Waals surface area contributed by atoms with E-state index in [4.69, 9.17) is 4.42 Å². The maximum absolute atomic E-state index is 12.7. The van der Waals surface area contributed by atoms with Crippen molar-refractivity contribution < 1.29 is 17.6 Å². The smallest absolute Gasteiger partial charge is 0.289 e. The third-order valence-electron chi connectivity index (χ3n) is 6.25. The van der Waals surface area contributed by atoms with E-state index in [1.165, 1.54) is 0 Å². The van der Waals surface area contributed by atoms with Crippen LogP contribution in [0.5, 0.6) is 0 Å². The van der Waals surface area contributed by atoms with E-state index in [0.29, 0.717) is 30.3 Å². The quantitative estimate of drug-likeness (QED) is 0.563. The molecule has 0 saturated carbocycles. The van der Waals surface area contributed by atoms with Crippen LogP contribution in [0.1, 0.15) is 52.0 Å². The van der Waals surface area contributed by atoms with E-state index in [1.807, 2.05) is 48.6 Å². The number of furan rings is 1. The first-order valence-corrected chi connectivity index (χ1v) is 12.6. The van der Waals surface area contributed by atoms with Crippen molar-refractivity contribution in [1.29, 1.82) is 0 Å². The Kier molecular flexibility index (Phi) is 6.24. The van der Waals surface area contributed by atoms with Gasteiger partial charge in [-0.3, -0.25) is 4.79 Å². The second-order valence-electron chi connectivity index (χ2n) is 8.53. The molecule has 1 aliphatic heterocycles. The van der Waals surface area contributed by atoms with Gasteiger partial charge < -0.3 is 13.9 Å². The highest BCUT2D eigenvalue weighted by atomic mass is 32.2. The molecule has 4 rings (SSSR count). The SMILES string of the molecule is Cc1ccc(S(=O)(=O)CCn2ccnc2C2CCN(C(=O)c3cc(C)c(C)o3)CC2)cc1. The summed E-state index contributed by atoms with van der Waals surface area (Å²) in [6, 6.07) is 8.75. The maximum atomic E-state index is 12.7. The van der Waals surface area contributed by atoms with Crippen LogP contribution in [0, 0.1) is 20.8 Å². The van der Waals surface area contributed by atoms with Gasteiger partial charge in [0.05, 0.1) is 10.6 Å². The van der Waals surface area contributed by atoms with Gasteiger partial charge in [-0.05, 0) is 57.4 Å². The number of carbonyl (C=O) groups excluding carboxylic acids is 1. The Bertz CT molecular complexity index is 1180. The number of amides is 1. The second kappa shape index (κ2) is 8.94. The number of likely N-dealkylation sites (tertiary alicyclic amines) is 1. The van der Waals surface area contributed by atoms with E-state index in [-0.39, 0.29) is 17.6 Å². The van der Waals surface area contributed by atoms with Crippen molar-refractivity contribution in [3.05, 3.63) is 71.2 Å². The molecule has 0 aliphatic carbocycles. The molecule has 0 unspecified atom stereocenters. The van der Waals surface area contributed by atoms with Crippen LogP contribution in [0.25, 0.3) is 0 Å². The topological polar surface area (TPSA) is 85.4 Å². The predicted molar refractivity (Wildman–Crippen MR) is 122 cm³/mol. The molecule has 1 aromatic carbocycles. The number of aromatic nitrogens is 2. The molecule has 170 valence electrons. The molecular weight excluding hydrogens is 426 g/mol. The van der Waals surface area contributed by atoms with Crippen LogP contribution in [-0.4, -0.2) is 47.6 Å². The Labute approximate surface area is 189 Å². The van der Waals surface area contributed by atoms with E-state index in [0.717, 1.165) is 35.6 Å². The minimum atomic E-state index is -3.36. The lowest BCUT2D eigenvalue weighted by Gasteiger charge is -2.31. The Morgan fingerprint density at radius 3 is 2.44 bits per heavy atom. The number of piperidine rings is 1. The number of hydrogen-bond donors (Lipinski definition) is 0. The summed E-state index contributed by atoms with van der Waals surface area (Å²) in [6.07, 6.45) is 5.13. The van der Waals surface area contributed by atoms with Gasteiger partial charge in [0.15, 0.2) is 15.6 Å². The van der Waals surface area contributed by atoms with Crippen molar-refractivity contribution in [2.75, 3.05) is 18.8 Å². The number of nitrogens with zero attached hydrogens (tertiary/aromatic N) is 3. The zero-order valence-corrected chi connectivity index (χ0v) is 19.6. The van der Waals surface area contributed by atoms with Gasteiger partial charge in [0, 0.05) is 37.9 Å². The summed E-state index contributed by atoms with van der Waals surface area (Å²) >= 11 is 0. The number of rotatable bonds is 6. The minimum Gasteiger partial charge on any atom is -0.456 e. The van der Waals surface area contributed by atoms with E-state index in [9.17, 15) is 13.2 Å². The molecule has 0 bridgehead atoms. The van der Waals surface area contributed by atoms with E-state index >= 15 is 0 Å². The molecule has 0 spiro atoms. The van der Waals surface area contributed by atoms with Gasteiger partial charge in [-0.2, -0.15) is 0 Å². The van der Waals surface area contributed by atoms with Crippen LogP contribution in [-0.2, 0) is 16.4 Å². The summed E-state index contributed by atoms with van der Waals surface area (Å²) in [7, 11) is -3.36. The second-order valence-corrected chi connectivity index (χ2v) is 10.6. The summed E-state index contributed by atoms with van der Waals surface area (Å²) in [5, 5.41) is 0. The van der Waals surface area contributed by atoms with Gasteiger partial charge in [0.1, 0.15) is 11.6 Å². The molecule has 8 heteroatoms. The Hall–Kier alpha value is -2.87. The van der Waals surface area contributed by atoms with E-state index in [2.05, 4.69) is 4.98 Å². The highest BCUT2D eigenvalue weighted by Crippen LogP contribution is 2.28. The fourth-order valence-electron chi connectivity index (χ4n) is 4.13. The van der Waals surface area contributed by atoms with Crippen LogP contribution in [0.2, 0.25) is 0 Å². The number of imidazole rings is 1. The monoisotopic (exact) mass is 455 g/mol. The molecule has 2 aromatic heterocycles. The van der Waals surface area contributed by atoms with Crippen molar-refractivity contribution in [2.45, 2.75) is 51.0 Å². The molecule has 3 heterocycles. The fourth-order valence-corrected chi connectivity index (χ4v) is 5.35. The molecule has 1 amide bonds. The maximum Gasteiger partial charge on any atom is 0.289 e. The molecule has 32 heavy (non-hydrogen) atoms. The number of carbonyl (C=O) groups is 1. The van der Waals surface area contributed by atoms with Crippen molar-refractivity contribution in [2.24, 2.45) is 0 Å². The van der Waals surface area contributed by atoms with Crippen LogP contribution in [0.15, 0.2) is 52.0 Å². The third kappa shape index (κ3) is 4.65. The molecule has 0 radical (unpaired) electrons. The number of sulfone groups is 1. The summed E-state index contributed by atoms with van der Waals surface area (Å²) in [4.78, 5) is 19.4. The number of benzene rings is 1. The molecular formula is C24H29N3O4S. The summed E-state index contributed by atoms with van der Waals surface area (Å²) < 4.78 is 33.0. The molecule has 1 fully saturated rings. The third-order valence-corrected chi connectivity index (χ3v) is 7.96. The minimum absolute atomic E-state index is 0.0218. The van der Waals surface area contributed by atoms with Crippen molar-refractivity contribution in [3.8, 4) is 0 Å². The molecule has 7 nitrogen and oxygen atoms in total. The van der Waals surface area contributed by atoms with Crippen molar-refractivity contribution in [1.82, 2.24) is 14.5 Å². The Morgan fingerprint density at radius 1 is 1.12 bits per heavy atom. The van der Waals surface area contributed by atoms with Crippen LogP contribution in [0.4, 0.5) is 0 Å². The van der Waals surface area contributed by atoms with Crippen molar-refractivity contribution in [3.63, 3.8) is 0 Å². The Balaban J connectivity index is 1.38. The zero-order chi connectivity index (χ0) is 22.9. The average molecular weight is 456 g/mol. The lowest BCUT2D eigenvalue weighted by atomic mass is 9.95. The fraction of sp³-hybridized carbons (Fsp3) is 0.417. The van der Waals surface area contributed by atoms with Gasteiger partial charge >= 0.3 is 0 Å². The first-order valence-electron chi connectivity index (χ1n) is 10.9. The van der Waals surface area contributed by atoms with Gasteiger partial charge in [0.25, 0.3) is 5.91 Å². The largest absolute Gasteiger partial charge is 0.456 e. The number of aryl methyl sites for hydroxylation is 4. The zero-order valence-electron chi connectivity index (χ0n) is 18.7. The van der Waals surface area contributed by atoms with Gasteiger partial charge in [-0.15, -0.1) is 0 Å². The van der Waals surface area contributed by atoms with Gasteiger partial charge in [-0.25, -0.2) is 13.4 Å². The highest BCUT2D eigenvalue weighted by Gasteiger charge is 2.28. The predicted octanol–water partition coefficient (Wildman–Crippen LogP) is 3.90. The molecule has 0 N–H and O–H groups in total. The molecule has 0 atom stereocenters. The summed E-state index contributed by atoms with van der Waals surface area (Å²) in [6.45, 7) is 7.32. The van der Waals surface area contributed by atoms with Gasteiger partial charge in [-0.1, -0.05) is 17.7 Å². The van der Waals surface area contributed by atoms with Crippen LogP contribution in [0.3, 0.4) is 0 Å². The molecule has 3 aromatic rings.